The van der Waals surface area contributed by atoms with Crippen LogP contribution >= 0.6 is 0 Å². The normalized spacial score (nSPS) is 11.6. The number of amides is 2. The van der Waals surface area contributed by atoms with Gasteiger partial charge in [-0.1, -0.05) is 13.8 Å². The van der Waals surface area contributed by atoms with Gasteiger partial charge in [0.15, 0.2) is 18.2 Å². The summed E-state index contributed by atoms with van der Waals surface area (Å²) in [5.74, 6) is -2.07. The van der Waals surface area contributed by atoms with Crippen LogP contribution in [0.3, 0.4) is 0 Å². The van der Waals surface area contributed by atoms with E-state index >= 15 is 0 Å². The zero-order valence-electron chi connectivity index (χ0n) is 15.9. The van der Waals surface area contributed by atoms with E-state index in [9.17, 15) is 19.2 Å². The van der Waals surface area contributed by atoms with E-state index in [0.717, 1.165) is 0 Å². The third-order valence-corrected chi connectivity index (χ3v) is 3.87. The monoisotopic (exact) mass is 386 g/mol. The molecule has 1 heterocycles. The topological polar surface area (TPSA) is 115 Å². The lowest BCUT2D eigenvalue weighted by atomic mass is 10.0. The summed E-state index contributed by atoms with van der Waals surface area (Å²) in [6, 6.07) is 8.44. The van der Waals surface area contributed by atoms with Gasteiger partial charge in [0.1, 0.15) is 6.04 Å². The van der Waals surface area contributed by atoms with E-state index in [1.807, 2.05) is 0 Å². The molecule has 1 aromatic heterocycles. The maximum Gasteiger partial charge on any atom is 0.329 e. The van der Waals surface area contributed by atoms with Crippen molar-refractivity contribution in [1.82, 2.24) is 5.32 Å². The molecule has 2 N–H and O–H groups in total. The third-order valence-electron chi connectivity index (χ3n) is 3.87. The number of carbonyl (C=O) groups is 4. The lowest BCUT2D eigenvalue weighted by Crippen LogP contribution is -2.45. The average molecular weight is 386 g/mol. The first kappa shape index (κ1) is 20.9. The first-order chi connectivity index (χ1) is 13.3. The van der Waals surface area contributed by atoms with Crippen LogP contribution in [0, 0.1) is 5.92 Å². The molecule has 8 heteroatoms. The Morgan fingerprint density at radius 2 is 1.75 bits per heavy atom. The highest BCUT2D eigenvalue weighted by atomic mass is 16.5. The number of rotatable bonds is 8. The number of esters is 1. The highest BCUT2D eigenvalue weighted by molar-refractivity contribution is 5.97. The van der Waals surface area contributed by atoms with Crippen molar-refractivity contribution >= 4 is 29.3 Å². The zero-order chi connectivity index (χ0) is 20.7. The number of benzene rings is 1. The fraction of sp³-hybridized carbons (Fsp3) is 0.300. The Hall–Kier alpha value is -3.42. The van der Waals surface area contributed by atoms with Gasteiger partial charge in [0.2, 0.25) is 0 Å². The molecule has 0 saturated carbocycles. The van der Waals surface area contributed by atoms with Crippen molar-refractivity contribution in [3.05, 3.63) is 54.0 Å². The van der Waals surface area contributed by atoms with Crippen LogP contribution in [-0.2, 0) is 14.3 Å². The SMILES string of the molecule is CC(=O)c1ccc(NC(=O)COC(=O)[C@@H](NC(=O)c2ccco2)C(C)C)cc1. The fourth-order valence-corrected chi connectivity index (χ4v) is 2.33. The first-order valence-electron chi connectivity index (χ1n) is 8.69. The van der Waals surface area contributed by atoms with Gasteiger partial charge in [-0.05, 0) is 49.2 Å². The molecule has 0 saturated heterocycles. The van der Waals surface area contributed by atoms with Crippen molar-refractivity contribution in [2.24, 2.45) is 5.92 Å². The minimum absolute atomic E-state index is 0.0743. The van der Waals surface area contributed by atoms with Gasteiger partial charge >= 0.3 is 5.97 Å². The lowest BCUT2D eigenvalue weighted by Gasteiger charge is -2.20. The van der Waals surface area contributed by atoms with Gasteiger partial charge in [0.25, 0.3) is 11.8 Å². The summed E-state index contributed by atoms with van der Waals surface area (Å²) in [6.07, 6.45) is 1.35. The molecule has 2 rings (SSSR count). The van der Waals surface area contributed by atoms with Crippen LogP contribution < -0.4 is 10.6 Å². The number of nitrogens with one attached hydrogen (secondary N) is 2. The van der Waals surface area contributed by atoms with E-state index in [1.54, 1.807) is 44.2 Å². The molecule has 1 aromatic carbocycles. The van der Waals surface area contributed by atoms with Crippen LogP contribution in [0.2, 0.25) is 0 Å². The Kier molecular flexibility index (Phi) is 7.08. The second-order valence-electron chi connectivity index (χ2n) is 6.46. The quantitative estimate of drug-likeness (QED) is 0.532. The molecule has 0 unspecified atom stereocenters. The molecule has 8 nitrogen and oxygen atoms in total. The molecular formula is C20H22N2O6. The summed E-state index contributed by atoms with van der Waals surface area (Å²) in [5.41, 5.74) is 0.995. The highest BCUT2D eigenvalue weighted by Crippen LogP contribution is 2.11. The summed E-state index contributed by atoms with van der Waals surface area (Å²) in [5, 5.41) is 5.10. The standard InChI is InChI=1S/C20H22N2O6/c1-12(2)18(22-19(25)16-5-4-10-27-16)20(26)28-11-17(24)21-15-8-6-14(7-9-15)13(3)23/h4-10,12,18H,11H2,1-3H3,(H,21,24)(H,22,25)/t18-/m0/s1. The second kappa shape index (κ2) is 9.50. The molecule has 28 heavy (non-hydrogen) atoms. The molecule has 2 aromatic rings. The van der Waals surface area contributed by atoms with Gasteiger partial charge in [-0.3, -0.25) is 14.4 Å². The Bertz CT molecular complexity index is 840. The number of carbonyl (C=O) groups excluding carboxylic acids is 4. The highest BCUT2D eigenvalue weighted by Gasteiger charge is 2.27. The smallest absolute Gasteiger partial charge is 0.329 e. The molecule has 0 aliphatic rings. The first-order valence-corrected chi connectivity index (χ1v) is 8.69. The van der Waals surface area contributed by atoms with E-state index in [2.05, 4.69) is 10.6 Å². The van der Waals surface area contributed by atoms with Gasteiger partial charge in [0.05, 0.1) is 6.26 Å². The van der Waals surface area contributed by atoms with Crippen molar-refractivity contribution in [3.8, 4) is 0 Å². The van der Waals surface area contributed by atoms with Gasteiger partial charge < -0.3 is 19.8 Å². The maximum absolute atomic E-state index is 12.3. The van der Waals surface area contributed by atoms with Gasteiger partial charge in [0, 0.05) is 11.3 Å². The Morgan fingerprint density at radius 1 is 1.07 bits per heavy atom. The van der Waals surface area contributed by atoms with Crippen LogP contribution in [0.5, 0.6) is 0 Å². The molecule has 0 bridgehead atoms. The number of ether oxygens (including phenoxy) is 1. The number of furan rings is 1. The van der Waals surface area contributed by atoms with E-state index in [-0.39, 0.29) is 17.5 Å². The van der Waals surface area contributed by atoms with Crippen molar-refractivity contribution in [2.45, 2.75) is 26.8 Å². The summed E-state index contributed by atoms with van der Waals surface area (Å²) >= 11 is 0. The molecule has 0 fully saturated rings. The molecule has 0 spiro atoms. The van der Waals surface area contributed by atoms with Crippen molar-refractivity contribution < 1.29 is 28.3 Å². The van der Waals surface area contributed by atoms with Crippen LogP contribution in [0.15, 0.2) is 47.1 Å². The van der Waals surface area contributed by atoms with Gasteiger partial charge in [-0.2, -0.15) is 0 Å². The largest absolute Gasteiger partial charge is 0.459 e. The number of hydrogen-bond donors (Lipinski definition) is 2. The van der Waals surface area contributed by atoms with E-state index < -0.39 is 30.4 Å². The summed E-state index contributed by atoms with van der Waals surface area (Å²) in [4.78, 5) is 47.6. The lowest BCUT2D eigenvalue weighted by molar-refractivity contribution is -0.150. The zero-order valence-corrected chi connectivity index (χ0v) is 15.9. The van der Waals surface area contributed by atoms with Crippen LogP contribution in [0.1, 0.15) is 41.7 Å². The molecule has 0 aliphatic heterocycles. The van der Waals surface area contributed by atoms with E-state index in [0.29, 0.717) is 11.3 Å². The number of hydrogen-bond acceptors (Lipinski definition) is 6. The van der Waals surface area contributed by atoms with Crippen molar-refractivity contribution in [3.63, 3.8) is 0 Å². The summed E-state index contributed by atoms with van der Waals surface area (Å²) < 4.78 is 10.0. The summed E-state index contributed by atoms with van der Waals surface area (Å²) in [6.45, 7) is 4.42. The minimum atomic E-state index is -0.930. The Morgan fingerprint density at radius 3 is 2.29 bits per heavy atom. The van der Waals surface area contributed by atoms with E-state index in [1.165, 1.54) is 19.3 Å². The molecule has 2 amide bonds. The van der Waals surface area contributed by atoms with Crippen LogP contribution in [0.25, 0.3) is 0 Å². The molecule has 0 radical (unpaired) electrons. The van der Waals surface area contributed by atoms with Crippen molar-refractivity contribution in [1.29, 1.82) is 0 Å². The number of Topliss-reactive ketones (excluding diaryl/α,β-unsaturated/α-hetero) is 1. The van der Waals surface area contributed by atoms with Gasteiger partial charge in [-0.25, -0.2) is 4.79 Å². The predicted molar refractivity (Wildman–Crippen MR) is 101 cm³/mol. The Balaban J connectivity index is 1.88. The van der Waals surface area contributed by atoms with E-state index in [4.69, 9.17) is 9.15 Å². The van der Waals surface area contributed by atoms with Gasteiger partial charge in [-0.15, -0.1) is 0 Å². The maximum atomic E-state index is 12.3. The van der Waals surface area contributed by atoms with Crippen LogP contribution in [-0.4, -0.2) is 36.2 Å². The minimum Gasteiger partial charge on any atom is -0.459 e. The summed E-state index contributed by atoms with van der Waals surface area (Å²) in [7, 11) is 0. The Labute approximate surface area is 162 Å². The number of ketones is 1. The van der Waals surface area contributed by atoms with Crippen molar-refractivity contribution in [2.75, 3.05) is 11.9 Å². The predicted octanol–water partition coefficient (Wildman–Crippen LogP) is 2.42. The second-order valence-corrected chi connectivity index (χ2v) is 6.46. The molecule has 148 valence electrons. The molecule has 1 atom stereocenters. The fourth-order valence-electron chi connectivity index (χ4n) is 2.33. The molecule has 0 aliphatic carbocycles. The van der Waals surface area contributed by atoms with Crippen LogP contribution in [0.4, 0.5) is 5.69 Å². The average Bonchev–Trinajstić information content (AvgIpc) is 3.19. The third kappa shape index (κ3) is 5.80. The number of anilines is 1. The molecular weight excluding hydrogens is 364 g/mol.